The molecule has 0 aliphatic carbocycles. The van der Waals surface area contributed by atoms with Gasteiger partial charge in [-0.15, -0.1) is 0 Å². The van der Waals surface area contributed by atoms with Gasteiger partial charge in [-0.3, -0.25) is 0 Å². The van der Waals surface area contributed by atoms with E-state index < -0.39 is 0 Å². The molecule has 61 valence electrons. The summed E-state index contributed by atoms with van der Waals surface area (Å²) in [6.07, 6.45) is 0.543. The Kier molecular flexibility index (Phi) is 4.11. The topological polar surface area (TPSA) is 27.7 Å². The SMILES string of the molecule is CO[C](OC)C(C)([SiH3])OC. The van der Waals surface area contributed by atoms with Crippen molar-refractivity contribution in [1.82, 2.24) is 0 Å². The van der Waals surface area contributed by atoms with Crippen LogP contribution in [0.2, 0.25) is 0 Å². The summed E-state index contributed by atoms with van der Waals surface area (Å²) in [6.45, 7) is 1.93. The zero-order valence-electron chi connectivity index (χ0n) is 7.22. The molecule has 0 bridgehead atoms. The average molecular weight is 163 g/mol. The van der Waals surface area contributed by atoms with Gasteiger partial charge >= 0.3 is 0 Å². The predicted octanol–water partition coefficient (Wildman–Crippen LogP) is -0.503. The maximum atomic E-state index is 5.16. The number of hydrogen-bond acceptors (Lipinski definition) is 3. The maximum Gasteiger partial charge on any atom is 0.251 e. The lowest BCUT2D eigenvalue weighted by Crippen LogP contribution is -2.37. The molecule has 0 aliphatic heterocycles. The molecule has 0 fully saturated rings. The Bertz CT molecular complexity index is 91.0. The molecule has 1 unspecified atom stereocenters. The summed E-state index contributed by atoms with van der Waals surface area (Å²) in [7, 11) is 5.64. The van der Waals surface area contributed by atoms with Gasteiger partial charge in [-0.05, 0) is 6.92 Å². The smallest absolute Gasteiger partial charge is 0.251 e. The van der Waals surface area contributed by atoms with Gasteiger partial charge in [0, 0.05) is 21.3 Å². The highest BCUT2D eigenvalue weighted by atomic mass is 28.1. The lowest BCUT2D eigenvalue weighted by Gasteiger charge is -2.28. The Labute approximate surface area is 65.1 Å². The summed E-state index contributed by atoms with van der Waals surface area (Å²) in [5.41, 5.74) is 0. The van der Waals surface area contributed by atoms with Crippen molar-refractivity contribution < 1.29 is 14.2 Å². The lowest BCUT2D eigenvalue weighted by molar-refractivity contribution is -0.0963. The van der Waals surface area contributed by atoms with Gasteiger partial charge in [0.2, 0.25) is 0 Å². The summed E-state index contributed by atoms with van der Waals surface area (Å²) >= 11 is 0. The minimum Gasteiger partial charge on any atom is -0.377 e. The fourth-order valence-electron chi connectivity index (χ4n) is 0.658. The minimum absolute atomic E-state index is 0.330. The Balaban J connectivity index is 3.97. The molecule has 0 saturated carbocycles. The van der Waals surface area contributed by atoms with Gasteiger partial charge in [-0.2, -0.15) is 0 Å². The van der Waals surface area contributed by atoms with Crippen molar-refractivity contribution >= 4 is 10.2 Å². The molecule has 0 spiro atoms. The minimum atomic E-state index is -0.330. The first-order valence-corrected chi connectivity index (χ1v) is 4.09. The largest absolute Gasteiger partial charge is 0.377 e. The Morgan fingerprint density at radius 3 is 1.70 bits per heavy atom. The number of ether oxygens (including phenoxy) is 3. The molecule has 0 heterocycles. The van der Waals surface area contributed by atoms with Crippen molar-refractivity contribution in [3.05, 3.63) is 6.29 Å². The molecule has 3 nitrogen and oxygen atoms in total. The van der Waals surface area contributed by atoms with Crippen LogP contribution in [0.1, 0.15) is 6.92 Å². The summed E-state index contributed by atoms with van der Waals surface area (Å²) in [5, 5.41) is -0.330. The fraction of sp³-hybridized carbons (Fsp3) is 0.833. The van der Waals surface area contributed by atoms with Gasteiger partial charge in [0.15, 0.2) is 0 Å². The van der Waals surface area contributed by atoms with E-state index in [0.717, 1.165) is 10.2 Å². The van der Waals surface area contributed by atoms with Crippen LogP contribution < -0.4 is 0 Å². The van der Waals surface area contributed by atoms with Crippen LogP contribution in [0.25, 0.3) is 0 Å². The van der Waals surface area contributed by atoms with Crippen LogP contribution in [0.15, 0.2) is 0 Å². The van der Waals surface area contributed by atoms with E-state index in [0.29, 0.717) is 6.29 Å². The second kappa shape index (κ2) is 4.08. The summed E-state index contributed by atoms with van der Waals surface area (Å²) in [4.78, 5) is 0. The van der Waals surface area contributed by atoms with Crippen LogP contribution in [0.5, 0.6) is 0 Å². The van der Waals surface area contributed by atoms with Gasteiger partial charge in [-0.25, -0.2) is 0 Å². The summed E-state index contributed by atoms with van der Waals surface area (Å²) < 4.78 is 15.1. The number of hydrogen-bond donors (Lipinski definition) is 0. The fourth-order valence-corrected chi connectivity index (χ4v) is 1.07. The average Bonchev–Trinajstić information content (AvgIpc) is 1.90. The second-order valence-corrected chi connectivity index (χ2v) is 4.32. The van der Waals surface area contributed by atoms with E-state index in [2.05, 4.69) is 0 Å². The molecule has 0 aliphatic rings. The molecule has 0 N–H and O–H groups in total. The standard InChI is InChI=1S/C6H15O3Si/c1-6(10,9-4)5(7-2)8-3/h1-4,10H3. The van der Waals surface area contributed by atoms with Crippen molar-refractivity contribution in [3.63, 3.8) is 0 Å². The third kappa shape index (κ3) is 2.38. The molecular formula is C6H15O3Si. The van der Waals surface area contributed by atoms with Gasteiger partial charge in [0.25, 0.3) is 6.29 Å². The molecule has 0 aromatic carbocycles. The zero-order valence-corrected chi connectivity index (χ0v) is 9.22. The van der Waals surface area contributed by atoms with Crippen LogP contribution in [0.3, 0.4) is 0 Å². The van der Waals surface area contributed by atoms with E-state index in [-0.39, 0.29) is 5.22 Å². The highest BCUT2D eigenvalue weighted by Gasteiger charge is 2.30. The molecule has 1 atom stereocenters. The van der Waals surface area contributed by atoms with Crippen molar-refractivity contribution in [2.75, 3.05) is 21.3 Å². The van der Waals surface area contributed by atoms with E-state index in [1.165, 1.54) is 0 Å². The van der Waals surface area contributed by atoms with Crippen molar-refractivity contribution in [2.24, 2.45) is 0 Å². The predicted molar refractivity (Wildman–Crippen MR) is 42.6 cm³/mol. The van der Waals surface area contributed by atoms with Crippen LogP contribution in [-0.4, -0.2) is 36.8 Å². The Hall–Kier alpha value is 0.0969. The highest BCUT2D eigenvalue weighted by Crippen LogP contribution is 2.20. The van der Waals surface area contributed by atoms with Gasteiger partial charge < -0.3 is 14.2 Å². The second-order valence-electron chi connectivity index (χ2n) is 2.41. The van der Waals surface area contributed by atoms with Crippen LogP contribution in [0.4, 0.5) is 0 Å². The van der Waals surface area contributed by atoms with Gasteiger partial charge in [-0.1, -0.05) is 0 Å². The molecule has 0 aromatic rings. The molecule has 10 heavy (non-hydrogen) atoms. The molecule has 0 rings (SSSR count). The van der Waals surface area contributed by atoms with E-state index in [4.69, 9.17) is 14.2 Å². The highest BCUT2D eigenvalue weighted by molar-refractivity contribution is 6.15. The van der Waals surface area contributed by atoms with Gasteiger partial charge in [0.1, 0.15) is 5.22 Å². The third-order valence-corrected chi connectivity index (χ3v) is 2.19. The van der Waals surface area contributed by atoms with E-state index in [1.54, 1.807) is 21.3 Å². The maximum absolute atomic E-state index is 5.16. The third-order valence-electron chi connectivity index (χ3n) is 1.37. The zero-order chi connectivity index (χ0) is 8.20. The van der Waals surface area contributed by atoms with E-state index in [1.807, 2.05) is 6.92 Å². The molecule has 0 amide bonds. The van der Waals surface area contributed by atoms with Crippen LogP contribution in [0, 0.1) is 6.29 Å². The number of methoxy groups -OCH3 is 3. The Morgan fingerprint density at radius 2 is 1.60 bits per heavy atom. The monoisotopic (exact) mass is 163 g/mol. The molecule has 0 aromatic heterocycles. The molecule has 1 radical (unpaired) electrons. The first kappa shape index (κ1) is 10.1. The van der Waals surface area contributed by atoms with E-state index >= 15 is 0 Å². The van der Waals surface area contributed by atoms with Gasteiger partial charge in [0.05, 0.1) is 10.2 Å². The van der Waals surface area contributed by atoms with Crippen molar-refractivity contribution in [2.45, 2.75) is 12.1 Å². The molecular weight excluding hydrogens is 148 g/mol. The van der Waals surface area contributed by atoms with E-state index in [9.17, 15) is 0 Å². The molecule has 4 heteroatoms. The quantitative estimate of drug-likeness (QED) is 0.523. The molecule has 0 saturated heterocycles. The summed E-state index contributed by atoms with van der Waals surface area (Å²) in [6, 6.07) is 0. The normalized spacial score (nSPS) is 17.7. The Morgan fingerprint density at radius 1 is 1.20 bits per heavy atom. The van der Waals surface area contributed by atoms with Crippen LogP contribution in [-0.2, 0) is 14.2 Å². The first-order chi connectivity index (χ1) is 4.58. The lowest BCUT2D eigenvalue weighted by atomic mass is 10.4. The summed E-state index contributed by atoms with van der Waals surface area (Å²) in [5.74, 6) is 0. The van der Waals surface area contributed by atoms with Crippen molar-refractivity contribution in [1.29, 1.82) is 0 Å². The first-order valence-electron chi connectivity index (χ1n) is 3.09. The number of rotatable bonds is 4. The van der Waals surface area contributed by atoms with Crippen LogP contribution >= 0.6 is 0 Å². The van der Waals surface area contributed by atoms with Crippen molar-refractivity contribution in [3.8, 4) is 0 Å².